The zero-order valence-corrected chi connectivity index (χ0v) is 23.9. The predicted octanol–water partition coefficient (Wildman–Crippen LogP) is 5.05. The zero-order valence-electron chi connectivity index (χ0n) is 23.9. The van der Waals surface area contributed by atoms with Crippen molar-refractivity contribution in [3.05, 3.63) is 0 Å². The Kier molecular flexibility index (Phi) is 6.37. The summed E-state index contributed by atoms with van der Waals surface area (Å²) in [5.74, 6) is 5.66. The van der Waals surface area contributed by atoms with Crippen LogP contribution < -0.4 is 10.6 Å². The fourth-order valence-electron chi connectivity index (χ4n) is 11.1. The van der Waals surface area contributed by atoms with Gasteiger partial charge in [-0.25, -0.2) is 0 Å². The van der Waals surface area contributed by atoms with E-state index in [1.165, 1.54) is 57.8 Å². The number of nitrogens with zero attached hydrogens (tertiary/aromatic N) is 1. The molecule has 204 valence electrons. The number of carbonyl (C=O) groups is 1. The second kappa shape index (κ2) is 8.95. The van der Waals surface area contributed by atoms with E-state index in [4.69, 9.17) is 4.74 Å². The Morgan fingerprint density at radius 3 is 2.47 bits per heavy atom. The zero-order chi connectivity index (χ0) is 25.5. The van der Waals surface area contributed by atoms with Crippen LogP contribution in [-0.4, -0.2) is 55.9 Å². The lowest BCUT2D eigenvalue weighted by atomic mass is 9.44. The largest absolute Gasteiger partial charge is 0.357 e. The number of nitrogens with one attached hydrogen (secondary N) is 2. The molecule has 0 aromatic carbocycles. The molecule has 0 radical (unpaired) electrons. The SMILES string of the molecule is C[C@@H]1CC[C@@]2(NC1)O[C@H]1C[C@H]3[C@@H]4CC[C@@H]5C[C@H](NC(=O)CN(C)C)CC[C@]5(C)[C@H]4CC[C@]3(C)[C@H]1[C@@H]2C. The van der Waals surface area contributed by atoms with Crippen molar-refractivity contribution in [1.82, 2.24) is 15.5 Å². The number of rotatable bonds is 3. The third-order valence-electron chi connectivity index (χ3n) is 13.0. The molecular formula is C31H53N3O2. The minimum atomic E-state index is -0.0499. The van der Waals surface area contributed by atoms with Crippen LogP contribution >= 0.6 is 0 Å². The van der Waals surface area contributed by atoms with Gasteiger partial charge in [0.15, 0.2) is 0 Å². The summed E-state index contributed by atoms with van der Waals surface area (Å²) in [6, 6.07) is 0.378. The van der Waals surface area contributed by atoms with Gasteiger partial charge in [-0.05, 0) is 125 Å². The Balaban J connectivity index is 1.15. The van der Waals surface area contributed by atoms with Crippen LogP contribution in [0.15, 0.2) is 0 Å². The molecule has 0 aromatic rings. The molecule has 2 aliphatic heterocycles. The summed E-state index contributed by atoms with van der Waals surface area (Å²) >= 11 is 0. The van der Waals surface area contributed by atoms with Gasteiger partial charge in [0.05, 0.1) is 12.6 Å². The highest BCUT2D eigenvalue weighted by molar-refractivity contribution is 5.78. The Labute approximate surface area is 220 Å². The molecule has 36 heavy (non-hydrogen) atoms. The molecule has 6 rings (SSSR count). The lowest BCUT2D eigenvalue weighted by Crippen LogP contribution is -2.58. The molecule has 0 unspecified atom stereocenters. The predicted molar refractivity (Wildman–Crippen MR) is 144 cm³/mol. The average Bonchev–Trinajstić information content (AvgIpc) is 3.26. The lowest BCUT2D eigenvalue weighted by Gasteiger charge is -2.61. The van der Waals surface area contributed by atoms with Crippen molar-refractivity contribution >= 4 is 5.91 Å². The molecule has 2 saturated heterocycles. The number of hydrogen-bond acceptors (Lipinski definition) is 4. The van der Waals surface area contributed by atoms with Crippen LogP contribution in [-0.2, 0) is 9.53 Å². The Hall–Kier alpha value is -0.650. The van der Waals surface area contributed by atoms with Gasteiger partial charge in [-0.1, -0.05) is 27.7 Å². The van der Waals surface area contributed by atoms with Crippen LogP contribution in [0.3, 0.4) is 0 Å². The smallest absolute Gasteiger partial charge is 0.234 e. The Bertz CT molecular complexity index is 853. The molecule has 5 heteroatoms. The first-order valence-corrected chi connectivity index (χ1v) is 15.4. The molecule has 12 atom stereocenters. The molecule has 4 aliphatic carbocycles. The summed E-state index contributed by atoms with van der Waals surface area (Å²) in [7, 11) is 3.95. The molecule has 4 saturated carbocycles. The van der Waals surface area contributed by atoms with Crippen molar-refractivity contribution < 1.29 is 9.53 Å². The number of fused-ring (bicyclic) bond motifs is 7. The highest BCUT2D eigenvalue weighted by Crippen LogP contribution is 2.71. The number of amides is 1. The molecule has 1 amide bonds. The summed E-state index contributed by atoms with van der Waals surface area (Å²) in [5.41, 5.74) is 0.852. The van der Waals surface area contributed by atoms with E-state index in [9.17, 15) is 4.79 Å². The van der Waals surface area contributed by atoms with Crippen LogP contribution in [0, 0.1) is 52.3 Å². The van der Waals surface area contributed by atoms with Gasteiger partial charge in [0.25, 0.3) is 0 Å². The van der Waals surface area contributed by atoms with Crippen LogP contribution in [0.5, 0.6) is 0 Å². The van der Waals surface area contributed by atoms with E-state index in [1.807, 2.05) is 19.0 Å². The van der Waals surface area contributed by atoms with Gasteiger partial charge in [0.2, 0.25) is 5.91 Å². The normalized spacial score (nSPS) is 54.0. The van der Waals surface area contributed by atoms with Gasteiger partial charge in [0, 0.05) is 18.5 Å². The van der Waals surface area contributed by atoms with Crippen molar-refractivity contribution in [2.75, 3.05) is 27.2 Å². The van der Waals surface area contributed by atoms with Gasteiger partial charge in [-0.2, -0.15) is 0 Å². The van der Waals surface area contributed by atoms with Gasteiger partial charge in [0.1, 0.15) is 5.72 Å². The number of ether oxygens (including phenoxy) is 1. The standard InChI is InChI=1S/C31H53N3O2/c1-19-9-14-31(32-17-19)20(2)28-26(36-31)16-25-23-8-7-21-15-22(33-27(35)18-34(5)6)10-12-29(21,3)24(23)11-13-30(25,28)4/h19-26,28,32H,7-18H2,1-6H3,(H,33,35)/t19-,20+,21-,22-,23-,24+,25+,26+,28+,29+,30+,31-/m1/s1. The molecule has 2 heterocycles. The second-order valence-electron chi connectivity index (χ2n) is 15.1. The minimum absolute atomic E-state index is 0.0499. The summed E-state index contributed by atoms with van der Waals surface area (Å²) in [6.07, 6.45) is 13.5. The number of carbonyl (C=O) groups excluding carboxylic acids is 1. The molecule has 1 spiro atoms. The van der Waals surface area contributed by atoms with E-state index in [-0.39, 0.29) is 11.6 Å². The highest BCUT2D eigenvalue weighted by atomic mass is 16.5. The Morgan fingerprint density at radius 1 is 0.972 bits per heavy atom. The fourth-order valence-corrected chi connectivity index (χ4v) is 11.1. The fraction of sp³-hybridized carbons (Fsp3) is 0.968. The molecule has 6 aliphatic rings. The summed E-state index contributed by atoms with van der Waals surface area (Å²) < 4.78 is 7.07. The first kappa shape index (κ1) is 25.6. The third kappa shape index (κ3) is 3.84. The topological polar surface area (TPSA) is 53.6 Å². The van der Waals surface area contributed by atoms with E-state index in [0.717, 1.165) is 48.5 Å². The summed E-state index contributed by atoms with van der Waals surface area (Å²) in [4.78, 5) is 14.4. The van der Waals surface area contributed by atoms with E-state index in [0.29, 0.717) is 35.4 Å². The first-order chi connectivity index (χ1) is 17.1. The molecular weight excluding hydrogens is 446 g/mol. The van der Waals surface area contributed by atoms with Gasteiger partial charge >= 0.3 is 0 Å². The van der Waals surface area contributed by atoms with Crippen molar-refractivity contribution in [1.29, 1.82) is 0 Å². The quantitative estimate of drug-likeness (QED) is 0.570. The summed E-state index contributed by atoms with van der Waals surface area (Å²) in [5, 5.41) is 7.28. The van der Waals surface area contributed by atoms with Crippen LogP contribution in [0.1, 0.15) is 91.9 Å². The van der Waals surface area contributed by atoms with Crippen molar-refractivity contribution in [2.24, 2.45) is 52.3 Å². The van der Waals surface area contributed by atoms with Crippen LogP contribution in [0.25, 0.3) is 0 Å². The Morgan fingerprint density at radius 2 is 1.75 bits per heavy atom. The van der Waals surface area contributed by atoms with Crippen molar-refractivity contribution in [3.8, 4) is 0 Å². The monoisotopic (exact) mass is 499 g/mol. The summed E-state index contributed by atoms with van der Waals surface area (Å²) in [6.45, 7) is 11.8. The van der Waals surface area contributed by atoms with Gasteiger partial charge < -0.3 is 15.0 Å². The molecule has 5 nitrogen and oxygen atoms in total. The van der Waals surface area contributed by atoms with Crippen LogP contribution in [0.2, 0.25) is 0 Å². The maximum absolute atomic E-state index is 12.4. The maximum Gasteiger partial charge on any atom is 0.234 e. The second-order valence-corrected chi connectivity index (χ2v) is 15.1. The molecule has 6 fully saturated rings. The number of piperidine rings is 1. The van der Waals surface area contributed by atoms with Crippen molar-refractivity contribution in [2.45, 2.75) is 110 Å². The van der Waals surface area contributed by atoms with Crippen molar-refractivity contribution in [3.63, 3.8) is 0 Å². The van der Waals surface area contributed by atoms with Crippen LogP contribution in [0.4, 0.5) is 0 Å². The molecule has 0 aromatic heterocycles. The maximum atomic E-state index is 12.4. The minimum Gasteiger partial charge on any atom is -0.357 e. The third-order valence-corrected chi connectivity index (χ3v) is 13.0. The molecule has 0 bridgehead atoms. The van der Waals surface area contributed by atoms with E-state index in [1.54, 1.807) is 0 Å². The highest BCUT2D eigenvalue weighted by Gasteiger charge is 2.68. The average molecular weight is 500 g/mol. The van der Waals surface area contributed by atoms with Gasteiger partial charge in [-0.3, -0.25) is 10.1 Å². The van der Waals surface area contributed by atoms with Gasteiger partial charge in [-0.15, -0.1) is 0 Å². The number of likely N-dealkylation sites (N-methyl/N-ethyl adjacent to an activating group) is 1. The van der Waals surface area contributed by atoms with E-state index >= 15 is 0 Å². The van der Waals surface area contributed by atoms with E-state index in [2.05, 4.69) is 38.3 Å². The molecule has 2 N–H and O–H groups in total. The first-order valence-electron chi connectivity index (χ1n) is 15.4. The van der Waals surface area contributed by atoms with E-state index < -0.39 is 0 Å². The lowest BCUT2D eigenvalue weighted by molar-refractivity contribution is -0.136. The number of hydrogen-bond donors (Lipinski definition) is 2.